The first-order chi connectivity index (χ1) is 13.5. The van der Waals surface area contributed by atoms with E-state index in [4.69, 9.17) is 14.6 Å². The fourth-order valence-electron chi connectivity index (χ4n) is 3.13. The first kappa shape index (κ1) is 22.1. The molecule has 0 amide bonds. The van der Waals surface area contributed by atoms with Crippen LogP contribution in [0.4, 0.5) is 0 Å². The minimum Gasteiger partial charge on any atom is -0.491 e. The molecule has 2 rings (SSSR count). The fraction of sp³-hybridized carbons (Fsp3) is 0.524. The van der Waals surface area contributed by atoms with Crippen molar-refractivity contribution in [2.75, 3.05) is 13.2 Å². The third-order valence-corrected chi connectivity index (χ3v) is 4.58. The van der Waals surface area contributed by atoms with Gasteiger partial charge < -0.3 is 24.8 Å². The van der Waals surface area contributed by atoms with Crippen molar-refractivity contribution in [3.63, 3.8) is 0 Å². The van der Waals surface area contributed by atoms with Crippen LogP contribution in [0.1, 0.15) is 32.1 Å². The molecule has 1 aliphatic rings. The maximum atomic E-state index is 12.1. The maximum absolute atomic E-state index is 12.1. The fourth-order valence-corrected chi connectivity index (χ4v) is 3.13. The zero-order chi connectivity index (χ0) is 20.4. The number of para-hydroxylation sites is 1. The van der Waals surface area contributed by atoms with E-state index in [2.05, 4.69) is 0 Å². The highest BCUT2D eigenvalue weighted by molar-refractivity contribution is 5.85. The molecule has 1 aromatic carbocycles. The molecule has 4 atom stereocenters. The van der Waals surface area contributed by atoms with Crippen LogP contribution < -0.4 is 4.74 Å². The zero-order valence-electron chi connectivity index (χ0n) is 15.8. The summed E-state index contributed by atoms with van der Waals surface area (Å²) in [4.78, 5) is 22.6. The highest BCUT2D eigenvalue weighted by Crippen LogP contribution is 2.29. The van der Waals surface area contributed by atoms with Gasteiger partial charge in [0.15, 0.2) is 0 Å². The Balaban J connectivity index is 1.75. The molecule has 0 saturated heterocycles. The molecule has 7 heteroatoms. The van der Waals surface area contributed by atoms with Gasteiger partial charge >= 0.3 is 5.97 Å². The number of aliphatic carboxylic acids is 1. The van der Waals surface area contributed by atoms with Crippen molar-refractivity contribution >= 4 is 11.8 Å². The van der Waals surface area contributed by atoms with Crippen LogP contribution in [-0.2, 0) is 14.3 Å². The number of carboxylic acid groups (broad SMARTS) is 1. The third-order valence-electron chi connectivity index (χ3n) is 4.58. The Kier molecular flexibility index (Phi) is 9.13. The molecule has 0 radical (unpaired) electrons. The van der Waals surface area contributed by atoms with Gasteiger partial charge in [-0.2, -0.15) is 0 Å². The van der Waals surface area contributed by atoms with E-state index < -0.39 is 30.2 Å². The van der Waals surface area contributed by atoms with Gasteiger partial charge in [0.2, 0.25) is 0 Å². The van der Waals surface area contributed by atoms with Gasteiger partial charge in [-0.15, -0.1) is 0 Å². The number of allylic oxidation sites excluding steroid dienone is 2. The molecule has 0 aliphatic heterocycles. The van der Waals surface area contributed by atoms with E-state index in [9.17, 15) is 19.8 Å². The largest absolute Gasteiger partial charge is 0.491 e. The molecule has 3 unspecified atom stereocenters. The summed E-state index contributed by atoms with van der Waals surface area (Å²) >= 11 is 0. The zero-order valence-corrected chi connectivity index (χ0v) is 15.8. The van der Waals surface area contributed by atoms with Crippen LogP contribution in [0.25, 0.3) is 0 Å². The summed E-state index contributed by atoms with van der Waals surface area (Å²) in [5, 5.41) is 28.8. The van der Waals surface area contributed by atoms with Gasteiger partial charge in [0, 0.05) is 18.8 Å². The Labute approximate surface area is 164 Å². The summed E-state index contributed by atoms with van der Waals surface area (Å²) in [5.41, 5.74) is 0. The van der Waals surface area contributed by atoms with Gasteiger partial charge in [-0.3, -0.25) is 9.59 Å². The van der Waals surface area contributed by atoms with Crippen molar-refractivity contribution in [1.29, 1.82) is 0 Å². The number of hydrogen-bond acceptors (Lipinski definition) is 6. The Morgan fingerprint density at radius 2 is 1.96 bits per heavy atom. The van der Waals surface area contributed by atoms with Crippen molar-refractivity contribution in [2.45, 2.75) is 50.4 Å². The average Bonchev–Trinajstić information content (AvgIpc) is 2.94. The molecule has 1 aliphatic carbocycles. The van der Waals surface area contributed by atoms with E-state index in [1.807, 2.05) is 30.4 Å². The lowest BCUT2D eigenvalue weighted by molar-refractivity contribution is -0.137. The van der Waals surface area contributed by atoms with Crippen molar-refractivity contribution in [3.8, 4) is 5.75 Å². The smallest absolute Gasteiger partial charge is 0.303 e. The number of rotatable bonds is 12. The van der Waals surface area contributed by atoms with E-state index in [0.717, 1.165) is 0 Å². The maximum Gasteiger partial charge on any atom is 0.303 e. The van der Waals surface area contributed by atoms with Crippen LogP contribution in [0.15, 0.2) is 42.5 Å². The predicted octanol–water partition coefficient (Wildman–Crippen LogP) is 1.96. The predicted molar refractivity (Wildman–Crippen MR) is 102 cm³/mol. The van der Waals surface area contributed by atoms with Crippen LogP contribution in [0, 0.1) is 5.92 Å². The van der Waals surface area contributed by atoms with Gasteiger partial charge in [-0.25, -0.2) is 0 Å². The highest BCUT2D eigenvalue weighted by atomic mass is 16.5. The number of aliphatic hydroxyl groups is 2. The molecule has 0 spiro atoms. The molecule has 1 fully saturated rings. The van der Waals surface area contributed by atoms with Gasteiger partial charge in [0.05, 0.1) is 18.8 Å². The van der Waals surface area contributed by atoms with Crippen molar-refractivity contribution in [3.05, 3.63) is 42.5 Å². The summed E-state index contributed by atoms with van der Waals surface area (Å²) in [7, 11) is 0. The molecule has 3 N–H and O–H groups in total. The van der Waals surface area contributed by atoms with Crippen LogP contribution in [-0.4, -0.2) is 58.6 Å². The molecule has 0 aromatic heterocycles. The molecular weight excluding hydrogens is 364 g/mol. The second-order valence-electron chi connectivity index (χ2n) is 6.91. The topological polar surface area (TPSA) is 113 Å². The Morgan fingerprint density at radius 1 is 1.21 bits per heavy atom. The van der Waals surface area contributed by atoms with Gasteiger partial charge in [-0.05, 0) is 31.4 Å². The molecule has 154 valence electrons. The highest BCUT2D eigenvalue weighted by Gasteiger charge is 2.41. The number of unbranched alkanes of at least 4 members (excludes halogenated alkanes) is 1. The SMILES string of the molecule is O=C(O)CCC/C=C\C[C@H]1C(=O)CC(O)C1OCC(O)COc1ccccc1. The van der Waals surface area contributed by atoms with Crippen molar-refractivity contribution in [2.24, 2.45) is 5.92 Å². The second-order valence-corrected chi connectivity index (χ2v) is 6.91. The number of aliphatic hydroxyl groups excluding tert-OH is 2. The lowest BCUT2D eigenvalue weighted by atomic mass is 9.99. The minimum atomic E-state index is -0.889. The second kappa shape index (κ2) is 11.6. The van der Waals surface area contributed by atoms with Crippen molar-refractivity contribution < 1.29 is 34.4 Å². The monoisotopic (exact) mass is 392 g/mol. The molecule has 28 heavy (non-hydrogen) atoms. The van der Waals surface area contributed by atoms with Gasteiger partial charge in [-0.1, -0.05) is 30.4 Å². The van der Waals surface area contributed by atoms with E-state index >= 15 is 0 Å². The van der Waals surface area contributed by atoms with Crippen molar-refractivity contribution in [1.82, 2.24) is 0 Å². The summed E-state index contributed by atoms with van der Waals surface area (Å²) in [5.74, 6) is -0.718. The van der Waals surface area contributed by atoms with Crippen LogP contribution in [0.2, 0.25) is 0 Å². The first-order valence-electron chi connectivity index (χ1n) is 9.52. The number of carboxylic acids is 1. The average molecular weight is 392 g/mol. The van der Waals surface area contributed by atoms with Crippen LogP contribution in [0.3, 0.4) is 0 Å². The summed E-state index contributed by atoms with van der Waals surface area (Å²) < 4.78 is 11.1. The Bertz CT molecular complexity index is 643. The minimum absolute atomic E-state index is 0.0405. The number of hydrogen-bond donors (Lipinski definition) is 3. The molecule has 7 nitrogen and oxygen atoms in total. The third kappa shape index (κ3) is 7.42. The molecule has 1 aromatic rings. The quantitative estimate of drug-likeness (QED) is 0.368. The first-order valence-corrected chi connectivity index (χ1v) is 9.52. The number of ketones is 1. The lowest BCUT2D eigenvalue weighted by Crippen LogP contribution is -2.34. The molecule has 0 bridgehead atoms. The number of ether oxygens (including phenoxy) is 2. The summed E-state index contributed by atoms with van der Waals surface area (Å²) in [6.45, 7) is 0.00951. The number of Topliss-reactive ketones (excluding diaryl/α,β-unsaturated/α-hetero) is 1. The normalized spacial score (nSPS) is 23.2. The number of carbonyl (C=O) groups excluding carboxylic acids is 1. The van der Waals surface area contributed by atoms with Crippen LogP contribution >= 0.6 is 0 Å². The summed E-state index contributed by atoms with van der Waals surface area (Å²) in [6, 6.07) is 9.10. The molecule has 0 heterocycles. The van der Waals surface area contributed by atoms with E-state index in [1.54, 1.807) is 12.1 Å². The number of benzene rings is 1. The summed E-state index contributed by atoms with van der Waals surface area (Å²) in [6.07, 6.45) is 2.98. The van der Waals surface area contributed by atoms with E-state index in [1.165, 1.54) is 0 Å². The van der Waals surface area contributed by atoms with Gasteiger partial charge in [0.1, 0.15) is 24.2 Å². The molecular formula is C21H28O7. The molecule has 1 saturated carbocycles. The number of carbonyl (C=O) groups is 2. The van der Waals surface area contributed by atoms with E-state index in [0.29, 0.717) is 25.0 Å². The Morgan fingerprint density at radius 3 is 2.68 bits per heavy atom. The van der Waals surface area contributed by atoms with Crippen LogP contribution in [0.5, 0.6) is 5.75 Å². The van der Waals surface area contributed by atoms with Gasteiger partial charge in [0.25, 0.3) is 0 Å². The standard InChI is InChI=1S/C21H28O7/c22-15(13-27-16-8-4-3-5-9-16)14-28-21-17(18(23)12-19(21)24)10-6-1-2-7-11-20(25)26/h1,3-6,8-9,15,17,19,21-22,24H,2,7,10-14H2,(H,25,26)/b6-1-/t15?,17-,19?,21?/m0/s1. The Hall–Kier alpha value is -2.22. The van der Waals surface area contributed by atoms with E-state index in [-0.39, 0.29) is 31.8 Å². The lowest BCUT2D eigenvalue weighted by Gasteiger charge is -2.22.